The third-order valence-electron chi connectivity index (χ3n) is 5.72. The van der Waals surface area contributed by atoms with Gasteiger partial charge in [0.25, 0.3) is 0 Å². The van der Waals surface area contributed by atoms with Crippen LogP contribution in [0.1, 0.15) is 47.1 Å². The zero-order valence-corrected chi connectivity index (χ0v) is 19.8. The number of pyridine rings is 2. The maximum atomic E-state index is 12.3. The van der Waals surface area contributed by atoms with Gasteiger partial charge in [0.2, 0.25) is 5.91 Å². The molecule has 1 aliphatic rings. The second-order valence-electron chi connectivity index (χ2n) is 8.24. The Bertz CT molecular complexity index is 1210. The molecular weight excluding hydrogens is 448 g/mol. The molecular formula is C26H28N4O5. The second kappa shape index (κ2) is 11.0. The Morgan fingerprint density at radius 3 is 2.71 bits per heavy atom. The van der Waals surface area contributed by atoms with Crippen molar-refractivity contribution < 1.29 is 24.2 Å². The summed E-state index contributed by atoms with van der Waals surface area (Å²) in [7, 11) is 1.62. The molecule has 1 aromatic carbocycles. The molecule has 1 aliphatic heterocycles. The van der Waals surface area contributed by atoms with Gasteiger partial charge in [-0.05, 0) is 55.3 Å². The molecule has 35 heavy (non-hydrogen) atoms. The number of carboxylic acids is 1. The Labute approximate surface area is 203 Å². The van der Waals surface area contributed by atoms with E-state index >= 15 is 0 Å². The average molecular weight is 477 g/mol. The van der Waals surface area contributed by atoms with Crippen LogP contribution in [0.5, 0.6) is 11.5 Å². The fraction of sp³-hybridized carbons (Fsp3) is 0.308. The molecule has 0 unspecified atom stereocenters. The quantitative estimate of drug-likeness (QED) is 0.438. The minimum atomic E-state index is -0.996. The molecule has 1 fully saturated rings. The first-order valence-electron chi connectivity index (χ1n) is 11.5. The molecule has 1 amide bonds. The highest BCUT2D eigenvalue weighted by molar-refractivity contribution is 5.89. The molecule has 9 nitrogen and oxygen atoms in total. The van der Waals surface area contributed by atoms with Gasteiger partial charge in [-0.25, -0.2) is 9.78 Å². The van der Waals surface area contributed by atoms with E-state index in [1.165, 1.54) is 0 Å². The summed E-state index contributed by atoms with van der Waals surface area (Å²) in [6.45, 7) is 3.42. The number of aromatic carboxylic acids is 1. The maximum absolute atomic E-state index is 12.3. The highest BCUT2D eigenvalue weighted by Gasteiger charge is 2.22. The van der Waals surface area contributed by atoms with Gasteiger partial charge in [0.15, 0.2) is 0 Å². The number of hydrogen-bond donors (Lipinski definition) is 2. The van der Waals surface area contributed by atoms with Gasteiger partial charge < -0.3 is 24.8 Å². The number of rotatable bonds is 10. The molecule has 1 saturated heterocycles. The van der Waals surface area contributed by atoms with Crippen LogP contribution in [0.2, 0.25) is 0 Å². The summed E-state index contributed by atoms with van der Waals surface area (Å²) in [6, 6.07) is 12.5. The number of methoxy groups -OCH3 is 1. The monoisotopic (exact) mass is 476 g/mol. The van der Waals surface area contributed by atoms with E-state index in [1.54, 1.807) is 25.4 Å². The van der Waals surface area contributed by atoms with E-state index in [1.807, 2.05) is 42.2 Å². The van der Waals surface area contributed by atoms with Crippen LogP contribution in [0.4, 0.5) is 11.5 Å². The van der Waals surface area contributed by atoms with Crippen molar-refractivity contribution in [2.75, 3.05) is 19.0 Å². The first kappa shape index (κ1) is 24.2. The van der Waals surface area contributed by atoms with Crippen molar-refractivity contribution >= 4 is 23.4 Å². The van der Waals surface area contributed by atoms with Gasteiger partial charge >= 0.3 is 5.97 Å². The van der Waals surface area contributed by atoms with E-state index in [0.29, 0.717) is 55.5 Å². The van der Waals surface area contributed by atoms with Crippen LogP contribution >= 0.6 is 0 Å². The molecule has 3 aromatic rings. The lowest BCUT2D eigenvalue weighted by atomic mass is 10.1. The lowest BCUT2D eigenvalue weighted by Gasteiger charge is -2.19. The topological polar surface area (TPSA) is 114 Å². The Balaban J connectivity index is 1.60. The number of amides is 1. The summed E-state index contributed by atoms with van der Waals surface area (Å²) in [5.41, 5.74) is 3.10. The van der Waals surface area contributed by atoms with Gasteiger partial charge in [-0.2, -0.15) is 0 Å². The average Bonchev–Trinajstić information content (AvgIpc) is 3.26. The molecule has 0 bridgehead atoms. The number of aryl methyl sites for hydroxylation is 1. The number of benzene rings is 1. The van der Waals surface area contributed by atoms with Crippen LogP contribution in [-0.4, -0.2) is 45.5 Å². The summed E-state index contributed by atoms with van der Waals surface area (Å²) in [5.74, 6) is 0.878. The summed E-state index contributed by atoms with van der Waals surface area (Å²) in [6.07, 6.45) is 3.55. The predicted octanol–water partition coefficient (Wildman–Crippen LogP) is 4.54. The SMILES string of the molecule is CCc1nc(Nc2ccc(Oc3ccc(COC)nc3)c(CN3CCCC3=O)c2)ccc1C(=O)O. The van der Waals surface area contributed by atoms with Crippen LogP contribution in [0.15, 0.2) is 48.7 Å². The second-order valence-corrected chi connectivity index (χ2v) is 8.24. The van der Waals surface area contributed by atoms with Crippen LogP contribution in [0.3, 0.4) is 0 Å². The minimum Gasteiger partial charge on any atom is -0.478 e. The van der Waals surface area contributed by atoms with E-state index < -0.39 is 5.97 Å². The molecule has 2 N–H and O–H groups in total. The number of hydrogen-bond acceptors (Lipinski definition) is 7. The number of likely N-dealkylation sites (tertiary alicyclic amines) is 1. The van der Waals surface area contributed by atoms with Gasteiger partial charge in [-0.15, -0.1) is 0 Å². The van der Waals surface area contributed by atoms with E-state index in [-0.39, 0.29) is 11.5 Å². The molecule has 9 heteroatoms. The van der Waals surface area contributed by atoms with Crippen molar-refractivity contribution in [1.82, 2.24) is 14.9 Å². The molecule has 0 radical (unpaired) electrons. The number of anilines is 2. The number of aromatic nitrogens is 2. The Kier molecular flexibility index (Phi) is 7.57. The normalized spacial score (nSPS) is 13.2. The van der Waals surface area contributed by atoms with Gasteiger partial charge in [0.05, 0.1) is 29.8 Å². The number of ether oxygens (including phenoxy) is 2. The number of carbonyl (C=O) groups excluding carboxylic acids is 1. The van der Waals surface area contributed by atoms with Crippen molar-refractivity contribution in [2.24, 2.45) is 0 Å². The highest BCUT2D eigenvalue weighted by Crippen LogP contribution is 2.31. The molecule has 4 rings (SSSR count). The third kappa shape index (κ3) is 5.93. The third-order valence-corrected chi connectivity index (χ3v) is 5.72. The van der Waals surface area contributed by atoms with E-state index in [4.69, 9.17) is 9.47 Å². The maximum Gasteiger partial charge on any atom is 0.337 e. The number of nitrogens with one attached hydrogen (secondary N) is 1. The molecule has 0 spiro atoms. The van der Waals surface area contributed by atoms with Crippen LogP contribution in [0, 0.1) is 0 Å². The lowest BCUT2D eigenvalue weighted by Crippen LogP contribution is -2.24. The van der Waals surface area contributed by atoms with Crippen LogP contribution in [-0.2, 0) is 29.1 Å². The number of carboxylic acid groups (broad SMARTS) is 1. The standard InChI is InChI=1S/C26H28N4O5/c1-3-22-21(26(32)33)9-11-24(29-22)28-18-7-10-23(17(13-18)15-30-12-4-5-25(30)31)35-20-8-6-19(16-34-2)27-14-20/h6-11,13-14H,3-5,12,15-16H2,1-2H3,(H,28,29)(H,32,33). The summed E-state index contributed by atoms with van der Waals surface area (Å²) in [5, 5.41) is 12.6. The van der Waals surface area contributed by atoms with Gasteiger partial charge in [0.1, 0.15) is 17.3 Å². The van der Waals surface area contributed by atoms with Gasteiger partial charge in [-0.1, -0.05) is 6.92 Å². The van der Waals surface area contributed by atoms with E-state index in [0.717, 1.165) is 23.4 Å². The zero-order chi connectivity index (χ0) is 24.8. The van der Waals surface area contributed by atoms with E-state index in [2.05, 4.69) is 15.3 Å². The minimum absolute atomic E-state index is 0.124. The van der Waals surface area contributed by atoms with Gasteiger partial charge in [0, 0.05) is 37.9 Å². The first-order valence-corrected chi connectivity index (χ1v) is 11.5. The highest BCUT2D eigenvalue weighted by atomic mass is 16.5. The summed E-state index contributed by atoms with van der Waals surface area (Å²) < 4.78 is 11.2. The van der Waals surface area contributed by atoms with Crippen LogP contribution < -0.4 is 10.1 Å². The van der Waals surface area contributed by atoms with E-state index in [9.17, 15) is 14.7 Å². The number of nitrogens with zero attached hydrogens (tertiary/aromatic N) is 3. The van der Waals surface area contributed by atoms with Crippen molar-refractivity contribution in [1.29, 1.82) is 0 Å². The van der Waals surface area contributed by atoms with Crippen LogP contribution in [0.25, 0.3) is 0 Å². The first-order chi connectivity index (χ1) is 17.0. The van der Waals surface area contributed by atoms with Crippen molar-refractivity contribution in [3.8, 4) is 11.5 Å². The predicted molar refractivity (Wildman–Crippen MR) is 130 cm³/mol. The summed E-state index contributed by atoms with van der Waals surface area (Å²) in [4.78, 5) is 34.3. The molecule has 0 atom stereocenters. The molecule has 3 heterocycles. The summed E-state index contributed by atoms with van der Waals surface area (Å²) >= 11 is 0. The largest absolute Gasteiger partial charge is 0.478 e. The molecule has 2 aromatic heterocycles. The number of carbonyl (C=O) groups is 2. The molecule has 0 aliphatic carbocycles. The Morgan fingerprint density at radius 2 is 2.06 bits per heavy atom. The molecule has 182 valence electrons. The van der Waals surface area contributed by atoms with Crippen molar-refractivity contribution in [3.63, 3.8) is 0 Å². The Hall–Kier alpha value is -3.98. The van der Waals surface area contributed by atoms with Crippen molar-refractivity contribution in [3.05, 3.63) is 71.2 Å². The fourth-order valence-electron chi connectivity index (χ4n) is 3.97. The Morgan fingerprint density at radius 1 is 1.20 bits per heavy atom. The smallest absolute Gasteiger partial charge is 0.337 e. The zero-order valence-electron chi connectivity index (χ0n) is 19.8. The lowest BCUT2D eigenvalue weighted by molar-refractivity contribution is -0.128. The van der Waals surface area contributed by atoms with Gasteiger partial charge in [-0.3, -0.25) is 9.78 Å². The van der Waals surface area contributed by atoms with Crippen molar-refractivity contribution in [2.45, 2.75) is 39.3 Å². The fourth-order valence-corrected chi connectivity index (χ4v) is 3.97. The molecule has 0 saturated carbocycles.